The molecule has 1 aromatic heterocycles. The van der Waals surface area contributed by atoms with Gasteiger partial charge in [-0.2, -0.15) is 9.97 Å². The van der Waals surface area contributed by atoms with Crippen LogP contribution in [0.15, 0.2) is 60.7 Å². The molecule has 2 atom stereocenters. The Hall–Kier alpha value is -4.27. The summed E-state index contributed by atoms with van der Waals surface area (Å²) in [6, 6.07) is 17.4. The fraction of sp³-hybridized carbons (Fsp3) is 0.208. The number of nitrogens with one attached hydrogen (secondary N) is 1. The Kier molecular flexibility index (Phi) is 7.34. The summed E-state index contributed by atoms with van der Waals surface area (Å²) >= 11 is 0. The van der Waals surface area contributed by atoms with Crippen LogP contribution < -0.4 is 11.1 Å². The van der Waals surface area contributed by atoms with Gasteiger partial charge in [0.2, 0.25) is 0 Å². The van der Waals surface area contributed by atoms with Crippen LogP contribution in [0.25, 0.3) is 11.1 Å². The summed E-state index contributed by atoms with van der Waals surface area (Å²) in [5.74, 6) is -3.29. The van der Waals surface area contributed by atoms with Gasteiger partial charge in [0.05, 0.1) is 5.92 Å². The molecule has 9 nitrogen and oxygen atoms in total. The average molecular weight is 448 g/mol. The molecule has 3 aromatic rings. The summed E-state index contributed by atoms with van der Waals surface area (Å²) in [6.07, 6.45) is 0.541. The van der Waals surface area contributed by atoms with Crippen LogP contribution in [-0.4, -0.2) is 44.0 Å². The summed E-state index contributed by atoms with van der Waals surface area (Å²) in [7, 11) is 0. The van der Waals surface area contributed by atoms with Crippen LogP contribution in [-0.2, 0) is 11.2 Å². The molecule has 0 saturated carbocycles. The molecule has 0 saturated heterocycles. The average Bonchev–Trinajstić information content (AvgIpc) is 2.79. The fourth-order valence-electron chi connectivity index (χ4n) is 3.41. The second kappa shape index (κ2) is 10.4. The number of hydrogen-bond acceptors (Lipinski definition) is 6. The first-order valence-electron chi connectivity index (χ1n) is 10.3. The maximum absolute atomic E-state index is 12.8. The number of aromatic hydroxyl groups is 1. The smallest absolute Gasteiger partial charge is 0.315 e. The Morgan fingerprint density at radius 2 is 1.58 bits per heavy atom. The van der Waals surface area contributed by atoms with Gasteiger partial charge >= 0.3 is 12.0 Å². The molecule has 33 heavy (non-hydrogen) atoms. The zero-order valence-electron chi connectivity index (χ0n) is 17.9. The zero-order valence-corrected chi connectivity index (χ0v) is 17.9. The van der Waals surface area contributed by atoms with Crippen molar-refractivity contribution in [2.24, 2.45) is 11.7 Å². The normalized spacial score (nSPS) is 12.5. The molecule has 0 bridgehead atoms. The third kappa shape index (κ3) is 6.36. The van der Waals surface area contributed by atoms with E-state index in [9.17, 15) is 24.6 Å². The highest BCUT2D eigenvalue weighted by molar-refractivity contribution is 5.97. The standard InChI is InChI=1S/C24H24N4O5/c1-14(23(31)32)11-18(26-22(30)20-13-19(21(25)29)27-24(33)28-20)12-15-7-9-17(10-8-15)16-5-3-2-4-6-16/h2-10,13-14,18H,11-12H2,1H3,(H2,25,29)(H,26,30)(H,31,32)(H,27,28,33)/t14-,18+/m1/s1. The molecule has 0 aliphatic heterocycles. The van der Waals surface area contributed by atoms with E-state index in [-0.39, 0.29) is 17.8 Å². The maximum atomic E-state index is 12.8. The monoisotopic (exact) mass is 448 g/mol. The highest BCUT2D eigenvalue weighted by Crippen LogP contribution is 2.21. The maximum Gasteiger partial charge on any atom is 0.315 e. The second-order valence-corrected chi connectivity index (χ2v) is 7.72. The lowest BCUT2D eigenvalue weighted by Gasteiger charge is -2.21. The van der Waals surface area contributed by atoms with Crippen molar-refractivity contribution in [1.82, 2.24) is 15.3 Å². The molecule has 1 heterocycles. The van der Waals surface area contributed by atoms with Crippen molar-refractivity contribution >= 4 is 17.8 Å². The minimum Gasteiger partial charge on any atom is -0.481 e. The molecular formula is C24H24N4O5. The number of rotatable bonds is 9. The lowest BCUT2D eigenvalue weighted by atomic mass is 9.95. The molecule has 170 valence electrons. The number of nitrogens with zero attached hydrogens (tertiary/aromatic N) is 2. The molecule has 0 radical (unpaired) electrons. The number of benzene rings is 2. The SMILES string of the molecule is C[C@H](C[C@@H](Cc1ccc(-c2ccccc2)cc1)NC(=O)c1cc(C(N)=O)nc(O)n1)C(=O)O. The molecule has 0 unspecified atom stereocenters. The first-order valence-corrected chi connectivity index (χ1v) is 10.3. The third-order valence-electron chi connectivity index (χ3n) is 5.14. The Morgan fingerprint density at radius 3 is 2.18 bits per heavy atom. The van der Waals surface area contributed by atoms with E-state index in [2.05, 4.69) is 15.3 Å². The lowest BCUT2D eigenvalue weighted by molar-refractivity contribution is -0.141. The summed E-state index contributed by atoms with van der Waals surface area (Å²) < 4.78 is 0. The summed E-state index contributed by atoms with van der Waals surface area (Å²) in [6.45, 7) is 1.56. The number of carboxylic acids is 1. The lowest BCUT2D eigenvalue weighted by Crippen LogP contribution is -2.39. The number of amides is 2. The number of carbonyl (C=O) groups is 3. The molecule has 5 N–H and O–H groups in total. The van der Waals surface area contributed by atoms with E-state index in [1.54, 1.807) is 6.92 Å². The van der Waals surface area contributed by atoms with Crippen molar-refractivity contribution in [1.29, 1.82) is 0 Å². The number of aliphatic carboxylic acids is 1. The number of primary amides is 1. The topological polar surface area (TPSA) is 156 Å². The summed E-state index contributed by atoms with van der Waals surface area (Å²) in [5.41, 5.74) is 7.63. The molecule has 2 aromatic carbocycles. The molecule has 2 amide bonds. The summed E-state index contributed by atoms with van der Waals surface area (Å²) in [5, 5.41) is 21.7. The van der Waals surface area contributed by atoms with Crippen molar-refractivity contribution in [3.63, 3.8) is 0 Å². The van der Waals surface area contributed by atoms with Crippen LogP contribution in [0.4, 0.5) is 0 Å². The van der Waals surface area contributed by atoms with Crippen molar-refractivity contribution in [3.8, 4) is 17.1 Å². The van der Waals surface area contributed by atoms with Gasteiger partial charge in [0.25, 0.3) is 11.8 Å². The summed E-state index contributed by atoms with van der Waals surface area (Å²) in [4.78, 5) is 42.6. The van der Waals surface area contributed by atoms with Gasteiger partial charge in [-0.05, 0) is 29.5 Å². The Balaban J connectivity index is 1.79. The van der Waals surface area contributed by atoms with E-state index in [1.807, 2.05) is 54.6 Å². The van der Waals surface area contributed by atoms with E-state index in [0.29, 0.717) is 6.42 Å². The number of carboxylic acid groups (broad SMARTS) is 1. The van der Waals surface area contributed by atoms with Crippen molar-refractivity contribution in [2.75, 3.05) is 0 Å². The first kappa shape index (κ1) is 23.4. The Morgan fingerprint density at radius 1 is 0.970 bits per heavy atom. The zero-order chi connectivity index (χ0) is 24.0. The molecule has 0 aliphatic carbocycles. The molecule has 0 fully saturated rings. The van der Waals surface area contributed by atoms with Gasteiger partial charge in [0.15, 0.2) is 0 Å². The van der Waals surface area contributed by atoms with Gasteiger partial charge in [-0.15, -0.1) is 0 Å². The molecule has 9 heteroatoms. The van der Waals surface area contributed by atoms with E-state index >= 15 is 0 Å². The van der Waals surface area contributed by atoms with Gasteiger partial charge in [-0.1, -0.05) is 61.5 Å². The first-order chi connectivity index (χ1) is 15.7. The number of carbonyl (C=O) groups excluding carboxylic acids is 2. The number of aromatic nitrogens is 2. The number of nitrogens with two attached hydrogens (primary N) is 1. The van der Waals surface area contributed by atoms with Crippen LogP contribution >= 0.6 is 0 Å². The molecule has 0 spiro atoms. The third-order valence-corrected chi connectivity index (χ3v) is 5.14. The van der Waals surface area contributed by atoms with Crippen LogP contribution in [0, 0.1) is 5.92 Å². The quantitative estimate of drug-likeness (QED) is 0.392. The molecule has 3 rings (SSSR count). The van der Waals surface area contributed by atoms with Crippen LogP contribution in [0.1, 0.15) is 39.9 Å². The number of hydrogen-bond donors (Lipinski definition) is 4. The predicted octanol–water partition coefficient (Wildman–Crippen LogP) is 2.40. The van der Waals surface area contributed by atoms with E-state index in [1.165, 1.54) is 0 Å². The molecule has 0 aliphatic rings. The van der Waals surface area contributed by atoms with Gasteiger partial charge in [0.1, 0.15) is 11.4 Å². The fourth-order valence-corrected chi connectivity index (χ4v) is 3.41. The van der Waals surface area contributed by atoms with Crippen LogP contribution in [0.3, 0.4) is 0 Å². The minimum atomic E-state index is -0.982. The minimum absolute atomic E-state index is 0.168. The van der Waals surface area contributed by atoms with Gasteiger partial charge < -0.3 is 21.3 Å². The van der Waals surface area contributed by atoms with Crippen LogP contribution in [0.5, 0.6) is 6.01 Å². The van der Waals surface area contributed by atoms with E-state index in [0.717, 1.165) is 22.8 Å². The van der Waals surface area contributed by atoms with Crippen molar-refractivity contribution in [3.05, 3.63) is 77.6 Å². The Bertz CT molecular complexity index is 1150. The second-order valence-electron chi connectivity index (χ2n) is 7.72. The largest absolute Gasteiger partial charge is 0.481 e. The molecular weight excluding hydrogens is 424 g/mol. The van der Waals surface area contributed by atoms with E-state index in [4.69, 9.17) is 5.73 Å². The van der Waals surface area contributed by atoms with Gasteiger partial charge in [-0.3, -0.25) is 14.4 Å². The van der Waals surface area contributed by atoms with E-state index < -0.39 is 35.8 Å². The highest BCUT2D eigenvalue weighted by Gasteiger charge is 2.23. The van der Waals surface area contributed by atoms with Crippen molar-refractivity contribution in [2.45, 2.75) is 25.8 Å². The predicted molar refractivity (Wildman–Crippen MR) is 120 cm³/mol. The van der Waals surface area contributed by atoms with Gasteiger partial charge in [0, 0.05) is 12.1 Å². The highest BCUT2D eigenvalue weighted by atomic mass is 16.4. The Labute approximate surface area is 190 Å². The van der Waals surface area contributed by atoms with Gasteiger partial charge in [-0.25, -0.2) is 0 Å². The van der Waals surface area contributed by atoms with Crippen molar-refractivity contribution < 1.29 is 24.6 Å². The van der Waals surface area contributed by atoms with Crippen LogP contribution in [0.2, 0.25) is 0 Å².